The van der Waals surface area contributed by atoms with E-state index in [-0.39, 0.29) is 0 Å². The highest BCUT2D eigenvalue weighted by atomic mass is 35.5. The van der Waals surface area contributed by atoms with Crippen molar-refractivity contribution < 1.29 is 0 Å². The first kappa shape index (κ1) is 15.8. The van der Waals surface area contributed by atoms with Crippen LogP contribution >= 0.6 is 11.6 Å². The monoisotopic (exact) mass is 337 g/mol. The SMILES string of the molecule is Cc1cc(Cl)cc2c1N[C@H](c1ccc(C(C)C)cc1)[C@@H]1CC=C[C@H]21. The maximum Gasteiger partial charge on any atom is 0.0554 e. The van der Waals surface area contributed by atoms with Crippen molar-refractivity contribution in [3.8, 4) is 0 Å². The van der Waals surface area contributed by atoms with Gasteiger partial charge in [-0.2, -0.15) is 0 Å². The molecule has 124 valence electrons. The number of anilines is 1. The van der Waals surface area contributed by atoms with Crippen molar-refractivity contribution in [2.24, 2.45) is 5.92 Å². The normalized spacial score (nSPS) is 24.6. The van der Waals surface area contributed by atoms with Gasteiger partial charge in [0.15, 0.2) is 0 Å². The lowest BCUT2D eigenvalue weighted by Gasteiger charge is -2.38. The van der Waals surface area contributed by atoms with Crippen LogP contribution in [0.3, 0.4) is 0 Å². The van der Waals surface area contributed by atoms with Crippen LogP contribution in [0.4, 0.5) is 5.69 Å². The fourth-order valence-corrected chi connectivity index (χ4v) is 4.54. The summed E-state index contributed by atoms with van der Waals surface area (Å²) in [7, 11) is 0. The zero-order valence-corrected chi connectivity index (χ0v) is 15.3. The predicted molar refractivity (Wildman–Crippen MR) is 103 cm³/mol. The Labute approximate surface area is 149 Å². The number of fused-ring (bicyclic) bond motifs is 3. The minimum Gasteiger partial charge on any atom is -0.377 e. The van der Waals surface area contributed by atoms with Gasteiger partial charge in [0.25, 0.3) is 0 Å². The number of nitrogens with one attached hydrogen (secondary N) is 1. The van der Waals surface area contributed by atoms with Crippen LogP contribution in [-0.4, -0.2) is 0 Å². The van der Waals surface area contributed by atoms with Gasteiger partial charge in [-0.1, -0.05) is 61.9 Å². The lowest BCUT2D eigenvalue weighted by atomic mass is 9.76. The minimum atomic E-state index is 0.360. The van der Waals surface area contributed by atoms with Crippen molar-refractivity contribution in [1.82, 2.24) is 0 Å². The van der Waals surface area contributed by atoms with Gasteiger partial charge in [-0.25, -0.2) is 0 Å². The molecule has 2 aliphatic rings. The van der Waals surface area contributed by atoms with Crippen molar-refractivity contribution >= 4 is 17.3 Å². The van der Waals surface area contributed by atoms with Crippen molar-refractivity contribution in [2.75, 3.05) is 5.32 Å². The molecule has 2 aromatic rings. The molecule has 1 aliphatic carbocycles. The van der Waals surface area contributed by atoms with Crippen LogP contribution in [0.25, 0.3) is 0 Å². The quantitative estimate of drug-likeness (QED) is 0.609. The van der Waals surface area contributed by atoms with Crippen molar-refractivity contribution in [3.63, 3.8) is 0 Å². The smallest absolute Gasteiger partial charge is 0.0554 e. The van der Waals surface area contributed by atoms with Crippen LogP contribution in [-0.2, 0) is 0 Å². The molecule has 0 aromatic heterocycles. The molecular formula is C22H24ClN. The first-order valence-electron chi connectivity index (χ1n) is 8.87. The van der Waals surface area contributed by atoms with E-state index < -0.39 is 0 Å². The van der Waals surface area contributed by atoms with Crippen molar-refractivity contribution in [3.05, 3.63) is 75.8 Å². The van der Waals surface area contributed by atoms with Crippen LogP contribution in [0.15, 0.2) is 48.6 Å². The Kier molecular flexibility index (Phi) is 3.92. The summed E-state index contributed by atoms with van der Waals surface area (Å²) in [5, 5.41) is 4.67. The summed E-state index contributed by atoms with van der Waals surface area (Å²) in [4.78, 5) is 0. The third-order valence-corrected chi connectivity index (χ3v) is 5.81. The second-order valence-corrected chi connectivity index (χ2v) is 7.92. The van der Waals surface area contributed by atoms with Crippen molar-refractivity contribution in [1.29, 1.82) is 0 Å². The number of hydrogen-bond acceptors (Lipinski definition) is 1. The molecule has 0 saturated carbocycles. The first-order valence-corrected chi connectivity index (χ1v) is 9.25. The molecule has 0 saturated heterocycles. The molecule has 0 unspecified atom stereocenters. The number of benzene rings is 2. The molecule has 24 heavy (non-hydrogen) atoms. The topological polar surface area (TPSA) is 12.0 Å². The molecule has 0 fully saturated rings. The highest BCUT2D eigenvalue weighted by molar-refractivity contribution is 6.30. The van der Waals surface area contributed by atoms with Gasteiger partial charge in [0.05, 0.1) is 6.04 Å². The molecule has 4 rings (SSSR count). The first-order chi connectivity index (χ1) is 11.5. The van der Waals surface area contributed by atoms with E-state index in [1.165, 1.54) is 27.9 Å². The summed E-state index contributed by atoms with van der Waals surface area (Å²) in [6.07, 6.45) is 5.83. The van der Waals surface area contributed by atoms with Crippen LogP contribution in [0.5, 0.6) is 0 Å². The average Bonchev–Trinajstić information content (AvgIpc) is 3.04. The summed E-state index contributed by atoms with van der Waals surface area (Å²) < 4.78 is 0. The van der Waals surface area contributed by atoms with Crippen LogP contribution in [0, 0.1) is 12.8 Å². The van der Waals surface area contributed by atoms with E-state index in [1.54, 1.807) is 0 Å². The Morgan fingerprint density at radius 2 is 1.88 bits per heavy atom. The molecule has 2 aromatic carbocycles. The van der Waals surface area contributed by atoms with Gasteiger partial charge in [-0.3, -0.25) is 0 Å². The Morgan fingerprint density at radius 3 is 2.58 bits per heavy atom. The van der Waals surface area contributed by atoms with Crippen LogP contribution < -0.4 is 5.32 Å². The molecule has 2 heteroatoms. The molecule has 0 spiro atoms. The largest absolute Gasteiger partial charge is 0.377 e. The van der Waals surface area contributed by atoms with Gasteiger partial charge < -0.3 is 5.32 Å². The highest BCUT2D eigenvalue weighted by Crippen LogP contribution is 2.51. The molecule has 3 atom stereocenters. The number of aryl methyl sites for hydroxylation is 1. The molecule has 1 heterocycles. The number of hydrogen-bond donors (Lipinski definition) is 1. The number of halogens is 1. The summed E-state index contributed by atoms with van der Waals surface area (Å²) in [6.45, 7) is 6.64. The van der Waals surface area contributed by atoms with Gasteiger partial charge in [0.1, 0.15) is 0 Å². The summed E-state index contributed by atoms with van der Waals surface area (Å²) in [6, 6.07) is 13.7. The van der Waals surface area contributed by atoms with Crippen LogP contribution in [0.2, 0.25) is 5.02 Å². The second-order valence-electron chi connectivity index (χ2n) is 7.48. The minimum absolute atomic E-state index is 0.360. The molecule has 0 radical (unpaired) electrons. The average molecular weight is 338 g/mol. The lowest BCUT2D eigenvalue weighted by Crippen LogP contribution is -2.29. The predicted octanol–water partition coefficient (Wildman–Crippen LogP) is 6.60. The van der Waals surface area contributed by atoms with E-state index in [2.05, 4.69) is 74.6 Å². The van der Waals surface area contributed by atoms with Crippen LogP contribution in [0.1, 0.15) is 60.4 Å². The number of allylic oxidation sites excluding steroid dienone is 2. The zero-order chi connectivity index (χ0) is 16.8. The molecule has 1 N–H and O–H groups in total. The summed E-state index contributed by atoms with van der Waals surface area (Å²) >= 11 is 6.32. The molecule has 1 aliphatic heterocycles. The third-order valence-electron chi connectivity index (χ3n) is 5.59. The summed E-state index contributed by atoms with van der Waals surface area (Å²) in [5.74, 6) is 1.61. The third kappa shape index (κ3) is 2.56. The fourth-order valence-electron chi connectivity index (χ4n) is 4.26. The van der Waals surface area contributed by atoms with E-state index in [0.717, 1.165) is 11.4 Å². The fraction of sp³-hybridized carbons (Fsp3) is 0.364. The Hall–Kier alpha value is -1.73. The zero-order valence-electron chi connectivity index (χ0n) is 14.5. The standard InChI is InChI=1S/C22H24ClN/c1-13(2)15-7-9-16(10-8-15)22-19-6-4-5-18(19)20-12-17(23)11-14(3)21(20)24-22/h4-5,7-13,18-19,22,24H,6H2,1-3H3/t18-,19+,22+/m0/s1. The van der Waals surface area contributed by atoms with Gasteiger partial charge in [0, 0.05) is 16.6 Å². The molecule has 0 bridgehead atoms. The van der Waals surface area contributed by atoms with Gasteiger partial charge in [0.2, 0.25) is 0 Å². The van der Waals surface area contributed by atoms with E-state index in [4.69, 9.17) is 11.6 Å². The van der Waals surface area contributed by atoms with Crippen molar-refractivity contribution in [2.45, 2.75) is 45.1 Å². The Morgan fingerprint density at radius 1 is 1.12 bits per heavy atom. The second kappa shape index (κ2) is 5.97. The number of rotatable bonds is 2. The van der Waals surface area contributed by atoms with E-state index in [1.807, 2.05) is 0 Å². The maximum atomic E-state index is 6.32. The van der Waals surface area contributed by atoms with E-state index in [9.17, 15) is 0 Å². The van der Waals surface area contributed by atoms with Gasteiger partial charge in [-0.05, 0) is 59.6 Å². The lowest BCUT2D eigenvalue weighted by molar-refractivity contribution is 0.425. The maximum absolute atomic E-state index is 6.32. The molecule has 0 amide bonds. The Balaban J connectivity index is 1.75. The van der Waals surface area contributed by atoms with Gasteiger partial charge in [-0.15, -0.1) is 0 Å². The van der Waals surface area contributed by atoms with E-state index >= 15 is 0 Å². The van der Waals surface area contributed by atoms with Gasteiger partial charge >= 0.3 is 0 Å². The molecule has 1 nitrogen and oxygen atoms in total. The molecular weight excluding hydrogens is 314 g/mol. The van der Waals surface area contributed by atoms with E-state index in [0.29, 0.717) is 23.8 Å². The summed E-state index contributed by atoms with van der Waals surface area (Å²) in [5.41, 5.74) is 6.65. The Bertz CT molecular complexity index is 788. The highest BCUT2D eigenvalue weighted by Gasteiger charge is 2.38.